The van der Waals surface area contributed by atoms with Crippen molar-refractivity contribution in [2.24, 2.45) is 11.7 Å². The van der Waals surface area contributed by atoms with Gasteiger partial charge in [0.1, 0.15) is 11.3 Å². The van der Waals surface area contributed by atoms with E-state index in [0.29, 0.717) is 18.0 Å². The van der Waals surface area contributed by atoms with Gasteiger partial charge < -0.3 is 10.3 Å². The van der Waals surface area contributed by atoms with Crippen molar-refractivity contribution >= 4 is 11.0 Å². The Morgan fingerprint density at radius 2 is 2.17 bits per heavy atom. The first-order valence-electron chi connectivity index (χ1n) is 6.54. The molecule has 0 amide bonds. The van der Waals surface area contributed by atoms with Crippen LogP contribution in [0.2, 0.25) is 0 Å². The molecule has 18 heavy (non-hydrogen) atoms. The molecule has 1 atom stereocenters. The fourth-order valence-corrected chi connectivity index (χ4v) is 2.32. The third-order valence-electron chi connectivity index (χ3n) is 3.51. The first-order chi connectivity index (χ1) is 8.71. The van der Waals surface area contributed by atoms with E-state index < -0.39 is 0 Å². The first kappa shape index (κ1) is 13.0. The molecule has 0 saturated carbocycles. The SMILES string of the molecule is CCC(CN)Cc1nc2c(F)cccc2n1CC. The molecule has 0 spiro atoms. The van der Waals surface area contributed by atoms with Crippen molar-refractivity contribution in [1.82, 2.24) is 9.55 Å². The van der Waals surface area contributed by atoms with Crippen LogP contribution in [0.3, 0.4) is 0 Å². The van der Waals surface area contributed by atoms with E-state index in [9.17, 15) is 4.39 Å². The Bertz CT molecular complexity index is 529. The van der Waals surface area contributed by atoms with Crippen LogP contribution >= 0.6 is 0 Å². The molecule has 2 rings (SSSR count). The normalized spacial score (nSPS) is 13.1. The number of para-hydroxylation sites is 1. The van der Waals surface area contributed by atoms with Crippen molar-refractivity contribution in [3.63, 3.8) is 0 Å². The average Bonchev–Trinajstić information content (AvgIpc) is 2.74. The van der Waals surface area contributed by atoms with Crippen LogP contribution in [-0.4, -0.2) is 16.1 Å². The van der Waals surface area contributed by atoms with E-state index in [1.54, 1.807) is 6.07 Å². The minimum atomic E-state index is -0.248. The summed E-state index contributed by atoms with van der Waals surface area (Å²) in [6.07, 6.45) is 1.83. The van der Waals surface area contributed by atoms with E-state index in [1.807, 2.05) is 6.07 Å². The number of aryl methyl sites for hydroxylation is 1. The van der Waals surface area contributed by atoms with E-state index in [1.165, 1.54) is 6.07 Å². The Kier molecular flexibility index (Phi) is 3.97. The van der Waals surface area contributed by atoms with Gasteiger partial charge in [-0.15, -0.1) is 0 Å². The molecule has 3 nitrogen and oxygen atoms in total. The van der Waals surface area contributed by atoms with Gasteiger partial charge in [-0.25, -0.2) is 9.37 Å². The maximum Gasteiger partial charge on any atom is 0.151 e. The summed E-state index contributed by atoms with van der Waals surface area (Å²) >= 11 is 0. The largest absolute Gasteiger partial charge is 0.330 e. The fraction of sp³-hybridized carbons (Fsp3) is 0.500. The number of hydrogen-bond acceptors (Lipinski definition) is 2. The van der Waals surface area contributed by atoms with Gasteiger partial charge in [-0.2, -0.15) is 0 Å². The molecule has 0 aliphatic rings. The minimum Gasteiger partial charge on any atom is -0.330 e. The number of fused-ring (bicyclic) bond motifs is 1. The van der Waals surface area contributed by atoms with Crippen molar-refractivity contribution in [2.45, 2.75) is 33.2 Å². The van der Waals surface area contributed by atoms with Crippen molar-refractivity contribution < 1.29 is 4.39 Å². The zero-order chi connectivity index (χ0) is 13.1. The van der Waals surface area contributed by atoms with Crippen molar-refractivity contribution in [3.8, 4) is 0 Å². The van der Waals surface area contributed by atoms with Gasteiger partial charge in [-0.1, -0.05) is 19.4 Å². The molecule has 0 bridgehead atoms. The number of aromatic nitrogens is 2. The summed E-state index contributed by atoms with van der Waals surface area (Å²) in [5.41, 5.74) is 7.08. The second-order valence-electron chi connectivity index (χ2n) is 4.59. The minimum absolute atomic E-state index is 0.248. The van der Waals surface area contributed by atoms with Crippen molar-refractivity contribution in [1.29, 1.82) is 0 Å². The lowest BCUT2D eigenvalue weighted by atomic mass is 10.0. The molecule has 4 heteroatoms. The summed E-state index contributed by atoms with van der Waals surface area (Å²) in [4.78, 5) is 4.45. The molecule has 1 aromatic heterocycles. The summed E-state index contributed by atoms with van der Waals surface area (Å²) in [5, 5.41) is 0. The Morgan fingerprint density at radius 1 is 1.39 bits per heavy atom. The van der Waals surface area contributed by atoms with Crippen LogP contribution in [0.25, 0.3) is 11.0 Å². The van der Waals surface area contributed by atoms with Crippen LogP contribution < -0.4 is 5.73 Å². The van der Waals surface area contributed by atoms with Gasteiger partial charge in [0.05, 0.1) is 5.52 Å². The van der Waals surface area contributed by atoms with E-state index in [0.717, 1.165) is 30.7 Å². The Labute approximate surface area is 107 Å². The summed E-state index contributed by atoms with van der Waals surface area (Å²) in [5.74, 6) is 1.10. The zero-order valence-corrected chi connectivity index (χ0v) is 11.0. The molecule has 0 radical (unpaired) electrons. The van der Waals surface area contributed by atoms with E-state index >= 15 is 0 Å². The molecular formula is C14H20FN3. The Balaban J connectivity index is 2.47. The van der Waals surface area contributed by atoms with Crippen molar-refractivity contribution in [3.05, 3.63) is 29.8 Å². The number of halogens is 1. The zero-order valence-electron chi connectivity index (χ0n) is 11.0. The monoisotopic (exact) mass is 249 g/mol. The predicted octanol–water partition coefficient (Wildman–Crippen LogP) is 2.72. The summed E-state index contributed by atoms with van der Waals surface area (Å²) in [7, 11) is 0. The maximum absolute atomic E-state index is 13.7. The third kappa shape index (κ3) is 2.25. The highest BCUT2D eigenvalue weighted by atomic mass is 19.1. The van der Waals surface area contributed by atoms with E-state index in [-0.39, 0.29) is 5.82 Å². The lowest BCUT2D eigenvalue weighted by molar-refractivity contribution is 0.494. The number of rotatable bonds is 5. The van der Waals surface area contributed by atoms with Gasteiger partial charge in [0, 0.05) is 13.0 Å². The second kappa shape index (κ2) is 5.48. The number of imidazole rings is 1. The van der Waals surface area contributed by atoms with Gasteiger partial charge in [0.2, 0.25) is 0 Å². The van der Waals surface area contributed by atoms with Crippen LogP contribution in [0, 0.1) is 11.7 Å². The lowest BCUT2D eigenvalue weighted by Gasteiger charge is -2.12. The molecule has 0 fully saturated rings. The van der Waals surface area contributed by atoms with Gasteiger partial charge >= 0.3 is 0 Å². The summed E-state index contributed by atoms with van der Waals surface area (Å²) in [6.45, 7) is 5.62. The molecule has 1 aromatic carbocycles. The molecule has 1 heterocycles. The van der Waals surface area contributed by atoms with Gasteiger partial charge in [0.25, 0.3) is 0 Å². The Morgan fingerprint density at radius 3 is 2.78 bits per heavy atom. The quantitative estimate of drug-likeness (QED) is 0.885. The van der Waals surface area contributed by atoms with Crippen LogP contribution in [0.15, 0.2) is 18.2 Å². The highest BCUT2D eigenvalue weighted by Gasteiger charge is 2.15. The van der Waals surface area contributed by atoms with Crippen LogP contribution in [-0.2, 0) is 13.0 Å². The topological polar surface area (TPSA) is 43.8 Å². The number of hydrogen-bond donors (Lipinski definition) is 1. The number of benzene rings is 1. The van der Waals surface area contributed by atoms with E-state index in [4.69, 9.17) is 5.73 Å². The standard InChI is InChI=1S/C14H20FN3/c1-3-10(9-16)8-13-17-14-11(15)6-5-7-12(14)18(13)4-2/h5-7,10H,3-4,8-9,16H2,1-2H3. The van der Waals surface area contributed by atoms with E-state index in [2.05, 4.69) is 23.4 Å². The smallest absolute Gasteiger partial charge is 0.151 e. The summed E-state index contributed by atoms with van der Waals surface area (Å²) in [6, 6.07) is 5.11. The molecule has 1 unspecified atom stereocenters. The lowest BCUT2D eigenvalue weighted by Crippen LogP contribution is -2.18. The highest BCUT2D eigenvalue weighted by molar-refractivity contribution is 5.76. The molecule has 0 saturated heterocycles. The number of nitrogens with zero attached hydrogens (tertiary/aromatic N) is 2. The number of nitrogens with two attached hydrogens (primary N) is 1. The predicted molar refractivity (Wildman–Crippen MR) is 71.9 cm³/mol. The van der Waals surface area contributed by atoms with Crippen LogP contribution in [0.5, 0.6) is 0 Å². The molecular weight excluding hydrogens is 229 g/mol. The summed E-state index contributed by atoms with van der Waals surface area (Å²) < 4.78 is 15.8. The highest BCUT2D eigenvalue weighted by Crippen LogP contribution is 2.21. The van der Waals surface area contributed by atoms with Crippen LogP contribution in [0.1, 0.15) is 26.1 Å². The second-order valence-corrected chi connectivity index (χ2v) is 4.59. The first-order valence-corrected chi connectivity index (χ1v) is 6.54. The molecule has 2 N–H and O–H groups in total. The Hall–Kier alpha value is -1.42. The van der Waals surface area contributed by atoms with Gasteiger partial charge in [-0.3, -0.25) is 0 Å². The van der Waals surface area contributed by atoms with Gasteiger partial charge in [-0.05, 0) is 31.5 Å². The molecule has 98 valence electrons. The van der Waals surface area contributed by atoms with Crippen LogP contribution in [0.4, 0.5) is 4.39 Å². The average molecular weight is 249 g/mol. The van der Waals surface area contributed by atoms with Gasteiger partial charge in [0.15, 0.2) is 5.82 Å². The fourth-order valence-electron chi connectivity index (χ4n) is 2.32. The third-order valence-corrected chi connectivity index (χ3v) is 3.51. The molecule has 0 aliphatic carbocycles. The molecule has 2 aromatic rings. The molecule has 0 aliphatic heterocycles. The van der Waals surface area contributed by atoms with Crippen molar-refractivity contribution in [2.75, 3.05) is 6.54 Å². The maximum atomic E-state index is 13.7.